The van der Waals surface area contributed by atoms with Gasteiger partial charge in [0.05, 0.1) is 6.61 Å². The summed E-state index contributed by atoms with van der Waals surface area (Å²) >= 11 is 0. The van der Waals surface area contributed by atoms with Crippen molar-refractivity contribution in [1.29, 1.82) is 0 Å². The number of allylic oxidation sites excluding steroid dienone is 1. The number of hydrogen-bond acceptors (Lipinski definition) is 5. The van der Waals surface area contributed by atoms with Crippen molar-refractivity contribution in [3.8, 4) is 0 Å². The molecule has 0 N–H and O–H groups in total. The minimum Gasteiger partial charge on any atom is -0.465 e. The van der Waals surface area contributed by atoms with Gasteiger partial charge in [-0.3, -0.25) is 9.59 Å². The molecule has 5 heteroatoms. The second kappa shape index (κ2) is 8.54. The van der Waals surface area contributed by atoms with Crippen molar-refractivity contribution in [2.24, 2.45) is 5.41 Å². The maximum atomic E-state index is 13.6. The predicted octanol–water partition coefficient (Wildman–Crippen LogP) is 3.90. The summed E-state index contributed by atoms with van der Waals surface area (Å²) in [7, 11) is 0. The summed E-state index contributed by atoms with van der Waals surface area (Å²) in [5.74, 6) is -0.385. The lowest BCUT2D eigenvalue weighted by atomic mass is 9.72. The Morgan fingerprint density at radius 2 is 1.67 bits per heavy atom. The van der Waals surface area contributed by atoms with E-state index in [9.17, 15) is 9.59 Å². The Morgan fingerprint density at radius 1 is 1.00 bits per heavy atom. The van der Waals surface area contributed by atoms with Crippen molar-refractivity contribution in [1.82, 2.24) is 0 Å². The summed E-state index contributed by atoms with van der Waals surface area (Å²) < 4.78 is 15.9. The second-order valence-corrected chi connectivity index (χ2v) is 6.35. The lowest BCUT2D eigenvalue weighted by Gasteiger charge is -2.30. The topological polar surface area (TPSA) is 61.8 Å². The molecular weight excluding hydrogens is 344 g/mol. The molecule has 0 amide bonds. The molecule has 0 aromatic heterocycles. The van der Waals surface area contributed by atoms with Crippen LogP contribution in [0.1, 0.15) is 29.3 Å². The Labute approximate surface area is 158 Å². The van der Waals surface area contributed by atoms with Gasteiger partial charge in [-0.15, -0.1) is 0 Å². The van der Waals surface area contributed by atoms with Crippen LogP contribution < -0.4 is 0 Å². The molecule has 0 saturated heterocycles. The van der Waals surface area contributed by atoms with Gasteiger partial charge in [-0.1, -0.05) is 60.7 Å². The van der Waals surface area contributed by atoms with E-state index in [-0.39, 0.29) is 32.0 Å². The van der Waals surface area contributed by atoms with Gasteiger partial charge in [0, 0.05) is 12.0 Å². The third kappa shape index (κ3) is 4.19. The maximum Gasteiger partial charge on any atom is 0.320 e. The first-order chi connectivity index (χ1) is 13.2. The molecule has 0 saturated carbocycles. The number of hydrogen-bond donors (Lipinski definition) is 0. The molecule has 1 heterocycles. The van der Waals surface area contributed by atoms with E-state index in [1.807, 2.05) is 36.4 Å². The fraction of sp³-hybridized carbons (Fsp3) is 0.273. The molecule has 2 aromatic carbocycles. The van der Waals surface area contributed by atoms with Crippen LogP contribution in [0.25, 0.3) is 0 Å². The minimum atomic E-state index is -1.43. The van der Waals surface area contributed by atoms with Crippen LogP contribution in [0.3, 0.4) is 0 Å². The quantitative estimate of drug-likeness (QED) is 0.403. The van der Waals surface area contributed by atoms with E-state index in [1.165, 1.54) is 6.26 Å². The molecule has 0 spiro atoms. The van der Waals surface area contributed by atoms with Crippen molar-refractivity contribution < 1.29 is 23.8 Å². The SMILES string of the molecule is CCOC(=O)C(CC1=COCO1)(Cc1ccccc1)C(=O)c1ccccc1. The molecule has 3 rings (SSSR count). The smallest absolute Gasteiger partial charge is 0.320 e. The largest absolute Gasteiger partial charge is 0.465 e. The van der Waals surface area contributed by atoms with E-state index in [0.717, 1.165) is 5.56 Å². The van der Waals surface area contributed by atoms with Crippen molar-refractivity contribution in [3.05, 3.63) is 83.8 Å². The van der Waals surface area contributed by atoms with E-state index in [2.05, 4.69) is 0 Å². The molecule has 2 aromatic rings. The summed E-state index contributed by atoms with van der Waals surface area (Å²) in [6, 6.07) is 18.3. The standard InChI is InChI=1S/C22H22O5/c1-2-26-21(24)22(14-19-15-25-16-27-19,13-17-9-5-3-6-10-17)20(23)18-11-7-4-8-12-18/h3-12,15H,2,13-14,16H2,1H3. The summed E-state index contributed by atoms with van der Waals surface area (Å²) in [4.78, 5) is 26.7. The van der Waals surface area contributed by atoms with Gasteiger partial charge in [-0.2, -0.15) is 0 Å². The number of carbonyl (C=O) groups excluding carboxylic acids is 2. The third-order valence-corrected chi connectivity index (χ3v) is 4.49. The van der Waals surface area contributed by atoms with Gasteiger partial charge in [0.1, 0.15) is 17.4 Å². The molecule has 0 fully saturated rings. The van der Waals surface area contributed by atoms with Crippen molar-refractivity contribution in [2.75, 3.05) is 13.4 Å². The first-order valence-electron chi connectivity index (χ1n) is 8.90. The van der Waals surface area contributed by atoms with Gasteiger partial charge in [0.15, 0.2) is 5.78 Å². The maximum absolute atomic E-state index is 13.6. The fourth-order valence-electron chi connectivity index (χ4n) is 3.20. The lowest BCUT2D eigenvalue weighted by molar-refractivity contribution is -0.152. The number of carbonyl (C=O) groups is 2. The predicted molar refractivity (Wildman–Crippen MR) is 99.7 cm³/mol. The first-order valence-corrected chi connectivity index (χ1v) is 8.90. The normalized spacial score (nSPS) is 15.1. The van der Waals surface area contributed by atoms with Crippen molar-refractivity contribution in [3.63, 3.8) is 0 Å². The summed E-state index contributed by atoms with van der Waals surface area (Å²) in [6.45, 7) is 2.00. The minimum absolute atomic E-state index is 0.0778. The molecule has 1 atom stereocenters. The highest BCUT2D eigenvalue weighted by molar-refractivity contribution is 6.13. The molecule has 0 radical (unpaired) electrons. The molecule has 5 nitrogen and oxygen atoms in total. The van der Waals surface area contributed by atoms with Gasteiger partial charge in [0.2, 0.25) is 6.79 Å². The van der Waals surface area contributed by atoms with E-state index < -0.39 is 11.4 Å². The van der Waals surface area contributed by atoms with Crippen molar-refractivity contribution >= 4 is 11.8 Å². The van der Waals surface area contributed by atoms with Crippen LogP contribution in [0, 0.1) is 5.41 Å². The van der Waals surface area contributed by atoms with Gasteiger partial charge < -0.3 is 14.2 Å². The van der Waals surface area contributed by atoms with Crippen LogP contribution >= 0.6 is 0 Å². The van der Waals surface area contributed by atoms with Crippen LogP contribution in [-0.4, -0.2) is 25.2 Å². The van der Waals surface area contributed by atoms with Gasteiger partial charge in [0.25, 0.3) is 0 Å². The zero-order valence-corrected chi connectivity index (χ0v) is 15.2. The molecule has 140 valence electrons. The van der Waals surface area contributed by atoms with Gasteiger partial charge in [-0.05, 0) is 18.9 Å². The zero-order chi connectivity index (χ0) is 19.1. The van der Waals surface area contributed by atoms with E-state index in [1.54, 1.807) is 31.2 Å². The lowest BCUT2D eigenvalue weighted by Crippen LogP contribution is -2.43. The average molecular weight is 366 g/mol. The second-order valence-electron chi connectivity index (χ2n) is 6.35. The summed E-state index contributed by atoms with van der Waals surface area (Å²) in [5, 5.41) is 0. The molecular formula is C22H22O5. The van der Waals surface area contributed by atoms with Crippen molar-refractivity contribution in [2.45, 2.75) is 19.8 Å². The number of benzene rings is 2. The van der Waals surface area contributed by atoms with Crippen LogP contribution in [0.2, 0.25) is 0 Å². The Balaban J connectivity index is 2.07. The summed E-state index contributed by atoms with van der Waals surface area (Å²) in [5.41, 5.74) is -0.103. The van der Waals surface area contributed by atoms with E-state index in [4.69, 9.17) is 14.2 Å². The third-order valence-electron chi connectivity index (χ3n) is 4.49. The highest BCUT2D eigenvalue weighted by Crippen LogP contribution is 2.37. The number of ketones is 1. The molecule has 1 aliphatic heterocycles. The molecule has 27 heavy (non-hydrogen) atoms. The molecule has 1 aliphatic rings. The Bertz CT molecular complexity index is 813. The molecule has 1 unspecified atom stereocenters. The fourth-order valence-corrected chi connectivity index (χ4v) is 3.20. The monoisotopic (exact) mass is 366 g/mol. The average Bonchev–Trinajstić information content (AvgIpc) is 3.21. The van der Waals surface area contributed by atoms with Gasteiger partial charge >= 0.3 is 5.97 Å². The van der Waals surface area contributed by atoms with E-state index in [0.29, 0.717) is 11.3 Å². The first kappa shape index (κ1) is 18.7. The highest BCUT2D eigenvalue weighted by Gasteiger charge is 2.49. The molecule has 0 aliphatic carbocycles. The summed E-state index contributed by atoms with van der Waals surface area (Å²) in [6.07, 6.45) is 1.74. The number of ether oxygens (including phenoxy) is 3. The number of Topliss-reactive ketones (excluding diaryl/α,β-unsaturated/α-hetero) is 1. The Hall–Kier alpha value is -3.08. The Morgan fingerprint density at radius 3 is 2.26 bits per heavy atom. The van der Waals surface area contributed by atoms with Crippen LogP contribution in [-0.2, 0) is 25.4 Å². The van der Waals surface area contributed by atoms with Crippen LogP contribution in [0.5, 0.6) is 0 Å². The highest BCUT2D eigenvalue weighted by atomic mass is 16.7. The van der Waals surface area contributed by atoms with E-state index >= 15 is 0 Å². The number of rotatable bonds is 8. The molecule has 0 bridgehead atoms. The zero-order valence-electron chi connectivity index (χ0n) is 15.2. The number of esters is 1. The Kier molecular flexibility index (Phi) is 5.91. The van der Waals surface area contributed by atoms with Gasteiger partial charge in [-0.25, -0.2) is 0 Å². The van der Waals surface area contributed by atoms with Crippen LogP contribution in [0.4, 0.5) is 0 Å². The van der Waals surface area contributed by atoms with Crippen LogP contribution in [0.15, 0.2) is 72.7 Å².